The van der Waals surface area contributed by atoms with Crippen molar-refractivity contribution in [1.82, 2.24) is 29.6 Å². The number of benzene rings is 1. The topological polar surface area (TPSA) is 136 Å². The Morgan fingerprint density at radius 2 is 2.11 bits per heavy atom. The van der Waals surface area contributed by atoms with Crippen LogP contribution in [0, 0.1) is 12.7 Å². The average Bonchev–Trinajstić information content (AvgIpc) is 3.48. The summed E-state index contributed by atoms with van der Waals surface area (Å²) in [6.07, 6.45) is 7.13. The maximum Gasteiger partial charge on any atom is 0.247 e. The van der Waals surface area contributed by atoms with Crippen LogP contribution < -0.4 is 21.1 Å². The third kappa shape index (κ3) is 3.53. The Bertz CT molecular complexity index is 1520. The monoisotopic (exact) mass is 489 g/mol. The molecule has 1 fully saturated rings. The van der Waals surface area contributed by atoms with Gasteiger partial charge in [0.05, 0.1) is 23.1 Å². The SMILES string of the molecule is Cc1c(-c2cc3nc(Nc4cnn([C@H]5CCN(C)C5=O)c4)ncc3c(N)c2F)cnc2c1NCCO2. The predicted molar refractivity (Wildman–Crippen MR) is 133 cm³/mol. The second kappa shape index (κ2) is 8.33. The van der Waals surface area contributed by atoms with Crippen molar-refractivity contribution in [2.75, 3.05) is 43.1 Å². The molecule has 0 radical (unpaired) electrons. The number of anilines is 4. The van der Waals surface area contributed by atoms with Crippen LogP contribution in [0.1, 0.15) is 18.0 Å². The number of nitrogens with zero attached hydrogens (tertiary/aromatic N) is 6. The van der Waals surface area contributed by atoms with Gasteiger partial charge in [-0.2, -0.15) is 5.10 Å². The van der Waals surface area contributed by atoms with E-state index in [1.165, 1.54) is 6.20 Å². The van der Waals surface area contributed by atoms with E-state index in [9.17, 15) is 4.79 Å². The first kappa shape index (κ1) is 22.0. The van der Waals surface area contributed by atoms with Gasteiger partial charge in [-0.25, -0.2) is 19.3 Å². The number of hydrogen-bond acceptors (Lipinski definition) is 9. The lowest BCUT2D eigenvalue weighted by Crippen LogP contribution is -2.24. The molecule has 5 heterocycles. The zero-order chi connectivity index (χ0) is 25.0. The minimum Gasteiger partial charge on any atom is -0.474 e. The number of carbonyl (C=O) groups is 1. The molecule has 4 aromatic rings. The summed E-state index contributed by atoms with van der Waals surface area (Å²) in [7, 11) is 1.78. The number of hydrogen-bond donors (Lipinski definition) is 3. The molecule has 2 aliphatic rings. The molecular formula is C24H24FN9O2. The van der Waals surface area contributed by atoms with Crippen LogP contribution in [-0.4, -0.2) is 62.3 Å². The van der Waals surface area contributed by atoms with Crippen molar-refractivity contribution in [2.45, 2.75) is 19.4 Å². The quantitative estimate of drug-likeness (QED) is 0.370. The van der Waals surface area contributed by atoms with Crippen molar-refractivity contribution in [3.63, 3.8) is 0 Å². The molecule has 1 aromatic carbocycles. The lowest BCUT2D eigenvalue weighted by atomic mass is 9.98. The first-order valence-electron chi connectivity index (χ1n) is 11.6. The first-order valence-corrected chi connectivity index (χ1v) is 11.6. The molecule has 0 unspecified atom stereocenters. The third-order valence-electron chi connectivity index (χ3n) is 6.68. The van der Waals surface area contributed by atoms with Gasteiger partial charge in [0.1, 0.15) is 18.3 Å². The van der Waals surface area contributed by atoms with Crippen molar-refractivity contribution in [3.05, 3.63) is 42.2 Å². The molecule has 0 bridgehead atoms. The summed E-state index contributed by atoms with van der Waals surface area (Å²) in [4.78, 5) is 27.2. The smallest absolute Gasteiger partial charge is 0.247 e. The number of amides is 1. The molecule has 6 rings (SSSR count). The van der Waals surface area contributed by atoms with Crippen LogP contribution in [0.15, 0.2) is 30.9 Å². The van der Waals surface area contributed by atoms with Gasteiger partial charge in [-0.3, -0.25) is 9.48 Å². The summed E-state index contributed by atoms with van der Waals surface area (Å²) in [6, 6.07) is 1.33. The molecule has 4 N–H and O–H groups in total. The second-order valence-electron chi connectivity index (χ2n) is 8.93. The van der Waals surface area contributed by atoms with Gasteiger partial charge in [-0.1, -0.05) is 0 Å². The third-order valence-corrected chi connectivity index (χ3v) is 6.68. The fourth-order valence-corrected chi connectivity index (χ4v) is 4.68. The number of pyridine rings is 1. The van der Waals surface area contributed by atoms with Crippen LogP contribution >= 0.6 is 0 Å². The van der Waals surface area contributed by atoms with Gasteiger partial charge in [0, 0.05) is 55.2 Å². The van der Waals surface area contributed by atoms with E-state index in [1.807, 2.05) is 6.92 Å². The molecule has 36 heavy (non-hydrogen) atoms. The summed E-state index contributed by atoms with van der Waals surface area (Å²) in [5.41, 5.74) is 9.67. The highest BCUT2D eigenvalue weighted by atomic mass is 19.1. The number of likely N-dealkylation sites (tertiary alicyclic amines) is 1. The molecule has 184 valence electrons. The highest BCUT2D eigenvalue weighted by molar-refractivity contribution is 5.96. The van der Waals surface area contributed by atoms with Gasteiger partial charge in [0.25, 0.3) is 0 Å². The van der Waals surface area contributed by atoms with E-state index in [0.29, 0.717) is 65.7 Å². The number of carbonyl (C=O) groups excluding carboxylic acids is 1. The van der Waals surface area contributed by atoms with Crippen molar-refractivity contribution in [3.8, 4) is 17.0 Å². The van der Waals surface area contributed by atoms with Crippen LogP contribution in [0.3, 0.4) is 0 Å². The van der Waals surface area contributed by atoms with E-state index in [2.05, 4.69) is 30.7 Å². The van der Waals surface area contributed by atoms with Gasteiger partial charge in [0.15, 0.2) is 5.82 Å². The zero-order valence-corrected chi connectivity index (χ0v) is 19.7. The number of nitrogen functional groups attached to an aromatic ring is 1. The molecule has 1 atom stereocenters. The molecule has 1 saturated heterocycles. The minimum absolute atomic E-state index is 0.0327. The minimum atomic E-state index is -0.555. The Morgan fingerprint density at radius 3 is 2.92 bits per heavy atom. The highest BCUT2D eigenvalue weighted by Gasteiger charge is 2.31. The summed E-state index contributed by atoms with van der Waals surface area (Å²) in [6.45, 7) is 3.75. The fraction of sp³-hybridized carbons (Fsp3) is 0.292. The molecule has 12 heteroatoms. The van der Waals surface area contributed by atoms with Crippen LogP contribution in [0.2, 0.25) is 0 Å². The average molecular weight is 490 g/mol. The molecule has 0 spiro atoms. The van der Waals surface area contributed by atoms with Crippen LogP contribution in [-0.2, 0) is 4.79 Å². The standard InChI is InChI=1S/C24H24FN9O2/c1-12-15(9-28-22-21(12)27-4-6-36-22)14-7-17-16(20(26)19(14)25)10-29-24(32-17)31-13-8-30-34(11-13)18-3-5-33(2)23(18)35/h7-11,18,27H,3-6,26H2,1-2H3,(H,29,31,32)/t18-/m0/s1. The highest BCUT2D eigenvalue weighted by Crippen LogP contribution is 2.39. The Labute approximate surface area is 205 Å². The number of nitrogens with one attached hydrogen (secondary N) is 2. The summed E-state index contributed by atoms with van der Waals surface area (Å²) in [5, 5.41) is 11.1. The number of aromatic nitrogens is 5. The summed E-state index contributed by atoms with van der Waals surface area (Å²) < 4.78 is 22.6. The van der Waals surface area contributed by atoms with E-state index in [1.54, 1.807) is 41.3 Å². The second-order valence-corrected chi connectivity index (χ2v) is 8.93. The number of halogens is 1. The van der Waals surface area contributed by atoms with Crippen molar-refractivity contribution < 1.29 is 13.9 Å². The predicted octanol–water partition coefficient (Wildman–Crippen LogP) is 2.87. The maximum atomic E-state index is 15.4. The van der Waals surface area contributed by atoms with Gasteiger partial charge >= 0.3 is 0 Å². The summed E-state index contributed by atoms with van der Waals surface area (Å²) in [5.74, 6) is 0.271. The van der Waals surface area contributed by atoms with Gasteiger partial charge < -0.3 is 26.0 Å². The van der Waals surface area contributed by atoms with E-state index in [0.717, 1.165) is 11.3 Å². The zero-order valence-electron chi connectivity index (χ0n) is 19.7. The van der Waals surface area contributed by atoms with Crippen LogP contribution in [0.5, 0.6) is 5.88 Å². The maximum absolute atomic E-state index is 15.4. The Morgan fingerprint density at radius 1 is 1.25 bits per heavy atom. The fourth-order valence-electron chi connectivity index (χ4n) is 4.68. The van der Waals surface area contributed by atoms with Gasteiger partial charge in [0.2, 0.25) is 17.7 Å². The largest absolute Gasteiger partial charge is 0.474 e. The van der Waals surface area contributed by atoms with E-state index in [4.69, 9.17) is 10.5 Å². The Balaban J connectivity index is 1.34. The Hall–Kier alpha value is -4.48. The molecule has 1 amide bonds. The molecule has 11 nitrogen and oxygen atoms in total. The first-order chi connectivity index (χ1) is 17.4. The van der Waals surface area contributed by atoms with E-state index >= 15 is 4.39 Å². The van der Waals surface area contributed by atoms with E-state index in [-0.39, 0.29) is 17.6 Å². The summed E-state index contributed by atoms with van der Waals surface area (Å²) >= 11 is 0. The van der Waals surface area contributed by atoms with Crippen LogP contribution in [0.4, 0.5) is 27.4 Å². The van der Waals surface area contributed by atoms with Crippen molar-refractivity contribution >= 4 is 39.8 Å². The molecular weight excluding hydrogens is 465 g/mol. The van der Waals surface area contributed by atoms with Gasteiger partial charge in [-0.05, 0) is 25.0 Å². The van der Waals surface area contributed by atoms with Crippen molar-refractivity contribution in [1.29, 1.82) is 0 Å². The lowest BCUT2D eigenvalue weighted by Gasteiger charge is -2.22. The molecule has 0 saturated carbocycles. The normalized spacial score (nSPS) is 17.1. The van der Waals surface area contributed by atoms with Crippen molar-refractivity contribution in [2.24, 2.45) is 0 Å². The number of nitrogens with two attached hydrogens (primary N) is 1. The lowest BCUT2D eigenvalue weighted by molar-refractivity contribution is -0.129. The number of fused-ring (bicyclic) bond motifs is 2. The van der Waals surface area contributed by atoms with Crippen LogP contribution in [0.25, 0.3) is 22.0 Å². The number of ether oxygens (including phenoxy) is 1. The number of rotatable bonds is 4. The van der Waals surface area contributed by atoms with E-state index < -0.39 is 5.82 Å². The van der Waals surface area contributed by atoms with Gasteiger partial charge in [-0.15, -0.1) is 0 Å². The Kier molecular flexibility index (Phi) is 5.09. The molecule has 0 aliphatic carbocycles. The molecule has 2 aliphatic heterocycles. The number of likely N-dealkylation sites (N-methyl/N-ethyl adjacent to an activating group) is 1. The molecule has 3 aromatic heterocycles.